The maximum Gasteiger partial charge on any atom is 0.168 e. The molecule has 6 heteroatoms. The number of fused-ring (bicyclic) bond motifs is 1. The van der Waals surface area contributed by atoms with Crippen LogP contribution in [0.3, 0.4) is 0 Å². The van der Waals surface area contributed by atoms with Crippen molar-refractivity contribution in [2.75, 3.05) is 18.0 Å². The monoisotopic (exact) mass is 308 g/mol. The molecule has 3 heterocycles. The third-order valence-corrected chi connectivity index (χ3v) is 4.52. The molecule has 1 saturated heterocycles. The molecule has 118 valence electrons. The van der Waals surface area contributed by atoms with Crippen molar-refractivity contribution in [3.63, 3.8) is 0 Å². The van der Waals surface area contributed by atoms with Crippen LogP contribution in [-0.2, 0) is 0 Å². The topological polar surface area (TPSA) is 72.9 Å². The van der Waals surface area contributed by atoms with E-state index in [0.29, 0.717) is 12.6 Å². The molecule has 2 aromatic heterocycles. The molecule has 0 saturated carbocycles. The van der Waals surface area contributed by atoms with Crippen LogP contribution in [0.5, 0.6) is 0 Å². The first-order valence-corrected chi connectivity index (χ1v) is 8.09. The molecule has 0 radical (unpaired) electrons. The van der Waals surface area contributed by atoms with Gasteiger partial charge in [0.2, 0.25) is 0 Å². The summed E-state index contributed by atoms with van der Waals surface area (Å²) in [5.74, 6) is 0.951. The summed E-state index contributed by atoms with van der Waals surface area (Å²) in [6.07, 6.45) is 7.01. The maximum absolute atomic E-state index is 5.97. The molecule has 0 spiro atoms. The van der Waals surface area contributed by atoms with E-state index in [1.165, 1.54) is 12.8 Å². The van der Waals surface area contributed by atoms with Crippen molar-refractivity contribution in [3.05, 3.63) is 42.9 Å². The summed E-state index contributed by atoms with van der Waals surface area (Å²) in [4.78, 5) is 11.3. The van der Waals surface area contributed by atoms with Gasteiger partial charge in [0.15, 0.2) is 5.65 Å². The normalized spacial score (nSPS) is 18.5. The Morgan fingerprint density at radius 1 is 1.13 bits per heavy atom. The fraction of sp³-hybridized carbons (Fsp3) is 0.353. The Bertz CT molecular complexity index is 797. The van der Waals surface area contributed by atoms with E-state index in [4.69, 9.17) is 5.73 Å². The largest absolute Gasteiger partial charge is 0.352 e. The van der Waals surface area contributed by atoms with Crippen LogP contribution in [0.15, 0.2) is 42.9 Å². The van der Waals surface area contributed by atoms with E-state index in [9.17, 15) is 0 Å². The van der Waals surface area contributed by atoms with Crippen LogP contribution in [0.4, 0.5) is 5.82 Å². The van der Waals surface area contributed by atoms with Crippen LogP contribution in [0, 0.1) is 0 Å². The van der Waals surface area contributed by atoms with Crippen molar-refractivity contribution in [2.24, 2.45) is 5.73 Å². The molecule has 6 nitrogen and oxygen atoms in total. The van der Waals surface area contributed by atoms with E-state index in [1.54, 1.807) is 6.33 Å². The quantitative estimate of drug-likeness (QED) is 0.802. The molecule has 1 aliphatic heterocycles. The van der Waals surface area contributed by atoms with Gasteiger partial charge in [-0.25, -0.2) is 14.6 Å². The molecule has 1 atom stereocenters. The molecule has 23 heavy (non-hydrogen) atoms. The highest BCUT2D eigenvalue weighted by atomic mass is 15.3. The lowest BCUT2D eigenvalue weighted by atomic mass is 10.0. The smallest absolute Gasteiger partial charge is 0.168 e. The molecule has 4 rings (SSSR count). The van der Waals surface area contributed by atoms with Crippen molar-refractivity contribution in [1.82, 2.24) is 19.7 Å². The number of benzene rings is 1. The maximum atomic E-state index is 5.97. The zero-order chi connectivity index (χ0) is 15.6. The molecule has 0 aliphatic carbocycles. The third-order valence-electron chi connectivity index (χ3n) is 4.52. The highest BCUT2D eigenvalue weighted by molar-refractivity contribution is 5.87. The number of nitrogens with zero attached hydrogens (tertiary/aromatic N) is 5. The average Bonchev–Trinajstić information content (AvgIpc) is 3.06. The van der Waals surface area contributed by atoms with Crippen LogP contribution >= 0.6 is 0 Å². The van der Waals surface area contributed by atoms with Crippen LogP contribution in [0.25, 0.3) is 16.7 Å². The zero-order valence-corrected chi connectivity index (χ0v) is 13.0. The van der Waals surface area contributed by atoms with E-state index >= 15 is 0 Å². The standard InChI is InChI=1S/C17H20N6/c18-10-14-8-4-5-9-22(14)16-15-11-21-23(17(15)20-12-19-16)13-6-2-1-3-7-13/h1-3,6-7,11-12,14H,4-5,8-10,18H2. The van der Waals surface area contributed by atoms with Gasteiger partial charge in [-0.3, -0.25) is 0 Å². The van der Waals surface area contributed by atoms with E-state index in [1.807, 2.05) is 41.2 Å². The minimum Gasteiger partial charge on any atom is -0.352 e. The Morgan fingerprint density at radius 3 is 2.83 bits per heavy atom. The summed E-state index contributed by atoms with van der Waals surface area (Å²) in [5, 5.41) is 5.51. The summed E-state index contributed by atoms with van der Waals surface area (Å²) in [6.45, 7) is 1.64. The van der Waals surface area contributed by atoms with E-state index < -0.39 is 0 Å². The fourth-order valence-corrected chi connectivity index (χ4v) is 3.34. The lowest BCUT2D eigenvalue weighted by molar-refractivity contribution is 0.463. The van der Waals surface area contributed by atoms with Crippen LogP contribution in [0.2, 0.25) is 0 Å². The average molecular weight is 308 g/mol. The van der Waals surface area contributed by atoms with Gasteiger partial charge in [-0.15, -0.1) is 0 Å². The summed E-state index contributed by atoms with van der Waals surface area (Å²) in [7, 11) is 0. The summed E-state index contributed by atoms with van der Waals surface area (Å²) in [6, 6.07) is 10.4. The van der Waals surface area contributed by atoms with Crippen molar-refractivity contribution in [2.45, 2.75) is 25.3 Å². The lowest BCUT2D eigenvalue weighted by Gasteiger charge is -2.36. The van der Waals surface area contributed by atoms with E-state index in [0.717, 1.165) is 35.5 Å². The SMILES string of the molecule is NCC1CCCCN1c1ncnc2c1cnn2-c1ccccc1. The second-order valence-corrected chi connectivity index (χ2v) is 5.91. The molecular formula is C17H20N6. The number of hydrogen-bond donors (Lipinski definition) is 1. The van der Waals surface area contributed by atoms with Crippen LogP contribution in [0.1, 0.15) is 19.3 Å². The summed E-state index contributed by atoms with van der Waals surface area (Å²) in [5.41, 5.74) is 7.80. The first-order chi connectivity index (χ1) is 11.4. The third kappa shape index (κ3) is 2.45. The molecular weight excluding hydrogens is 288 g/mol. The first kappa shape index (κ1) is 14.1. The number of anilines is 1. The molecule has 1 aromatic carbocycles. The van der Waals surface area contributed by atoms with Crippen molar-refractivity contribution in [3.8, 4) is 5.69 Å². The second kappa shape index (κ2) is 5.96. The Labute approximate surface area is 135 Å². The molecule has 0 amide bonds. The summed E-state index contributed by atoms with van der Waals surface area (Å²) >= 11 is 0. The van der Waals surface area contributed by atoms with E-state index in [2.05, 4.69) is 20.0 Å². The van der Waals surface area contributed by atoms with Gasteiger partial charge in [-0.1, -0.05) is 18.2 Å². The molecule has 3 aromatic rings. The van der Waals surface area contributed by atoms with Gasteiger partial charge in [-0.2, -0.15) is 5.10 Å². The number of hydrogen-bond acceptors (Lipinski definition) is 5. The zero-order valence-electron chi connectivity index (χ0n) is 13.0. The van der Waals surface area contributed by atoms with Gasteiger partial charge in [-0.05, 0) is 31.4 Å². The fourth-order valence-electron chi connectivity index (χ4n) is 3.34. The second-order valence-electron chi connectivity index (χ2n) is 5.91. The van der Waals surface area contributed by atoms with Crippen molar-refractivity contribution < 1.29 is 0 Å². The highest BCUT2D eigenvalue weighted by Gasteiger charge is 2.25. The molecule has 1 unspecified atom stereocenters. The lowest BCUT2D eigenvalue weighted by Crippen LogP contribution is -2.44. The Kier molecular flexibility index (Phi) is 3.67. The minimum atomic E-state index is 0.349. The number of para-hydroxylation sites is 1. The predicted octanol–water partition coefficient (Wildman–Crippen LogP) is 2.13. The first-order valence-electron chi connectivity index (χ1n) is 8.09. The van der Waals surface area contributed by atoms with Gasteiger partial charge in [0.25, 0.3) is 0 Å². The van der Waals surface area contributed by atoms with Crippen LogP contribution in [-0.4, -0.2) is 38.9 Å². The van der Waals surface area contributed by atoms with Gasteiger partial charge in [0.1, 0.15) is 12.1 Å². The molecule has 2 N–H and O–H groups in total. The van der Waals surface area contributed by atoms with Crippen molar-refractivity contribution >= 4 is 16.9 Å². The number of aromatic nitrogens is 4. The number of piperidine rings is 1. The van der Waals surface area contributed by atoms with Gasteiger partial charge in [0, 0.05) is 19.1 Å². The highest BCUT2D eigenvalue weighted by Crippen LogP contribution is 2.29. The van der Waals surface area contributed by atoms with Crippen LogP contribution < -0.4 is 10.6 Å². The van der Waals surface area contributed by atoms with E-state index in [-0.39, 0.29) is 0 Å². The molecule has 1 aliphatic rings. The Balaban J connectivity index is 1.82. The van der Waals surface area contributed by atoms with Gasteiger partial charge >= 0.3 is 0 Å². The predicted molar refractivity (Wildman–Crippen MR) is 90.7 cm³/mol. The minimum absolute atomic E-state index is 0.349. The summed E-state index contributed by atoms with van der Waals surface area (Å²) < 4.78 is 1.86. The Morgan fingerprint density at radius 2 is 2.00 bits per heavy atom. The van der Waals surface area contributed by atoms with Crippen molar-refractivity contribution in [1.29, 1.82) is 0 Å². The Hall–Kier alpha value is -2.47. The number of rotatable bonds is 3. The molecule has 1 fully saturated rings. The van der Waals surface area contributed by atoms with Gasteiger partial charge < -0.3 is 10.6 Å². The van der Waals surface area contributed by atoms with Gasteiger partial charge in [0.05, 0.1) is 17.3 Å². The number of nitrogens with two attached hydrogens (primary N) is 1. The molecule has 0 bridgehead atoms.